The van der Waals surface area contributed by atoms with Crippen LogP contribution in [0.4, 0.5) is 5.69 Å². The number of nitriles is 1. The second-order valence-corrected chi connectivity index (χ2v) is 4.45. The monoisotopic (exact) mass is 292 g/mol. The first-order chi connectivity index (χ1) is 10.8. The molecular formula is C18H16N2O2. The summed E-state index contributed by atoms with van der Waals surface area (Å²) in [5, 5.41) is 12.0. The van der Waals surface area contributed by atoms with Gasteiger partial charge in [0, 0.05) is 17.5 Å². The molecule has 0 fully saturated rings. The highest BCUT2D eigenvalue weighted by atomic mass is 16.5. The first-order valence-electron chi connectivity index (χ1n) is 6.94. The quantitative estimate of drug-likeness (QED) is 0.518. The van der Waals surface area contributed by atoms with Crippen LogP contribution in [0, 0.1) is 11.3 Å². The number of ether oxygens (including phenoxy) is 1. The minimum Gasteiger partial charge on any atom is -0.462 e. The normalized spacial score (nSPS) is 10.6. The predicted octanol–water partition coefficient (Wildman–Crippen LogP) is 3.74. The zero-order valence-electron chi connectivity index (χ0n) is 12.2. The fourth-order valence-corrected chi connectivity index (χ4v) is 1.97. The van der Waals surface area contributed by atoms with Gasteiger partial charge in [-0.2, -0.15) is 5.26 Å². The largest absolute Gasteiger partial charge is 0.462 e. The number of anilines is 1. The van der Waals surface area contributed by atoms with Crippen LogP contribution < -0.4 is 5.32 Å². The SMILES string of the molecule is CCOC(=O)/C(C#N)=C/Nc1ccccc1-c1ccccc1. The van der Waals surface area contributed by atoms with Crippen LogP contribution >= 0.6 is 0 Å². The topological polar surface area (TPSA) is 62.1 Å². The Morgan fingerprint density at radius 3 is 2.55 bits per heavy atom. The smallest absolute Gasteiger partial charge is 0.350 e. The van der Waals surface area contributed by atoms with Crippen LogP contribution in [0.2, 0.25) is 0 Å². The molecule has 0 aliphatic heterocycles. The Morgan fingerprint density at radius 1 is 1.18 bits per heavy atom. The van der Waals surface area contributed by atoms with Crippen molar-refractivity contribution in [1.29, 1.82) is 5.26 Å². The van der Waals surface area contributed by atoms with Gasteiger partial charge in [-0.3, -0.25) is 0 Å². The van der Waals surface area contributed by atoms with Gasteiger partial charge in [0.1, 0.15) is 6.07 Å². The second kappa shape index (κ2) is 7.65. The van der Waals surface area contributed by atoms with Crippen molar-refractivity contribution in [3.63, 3.8) is 0 Å². The van der Waals surface area contributed by atoms with Crippen LogP contribution in [-0.2, 0) is 9.53 Å². The first kappa shape index (κ1) is 15.3. The minimum absolute atomic E-state index is 0.0651. The van der Waals surface area contributed by atoms with Crippen molar-refractivity contribution in [1.82, 2.24) is 0 Å². The zero-order chi connectivity index (χ0) is 15.8. The third-order valence-electron chi connectivity index (χ3n) is 3.00. The molecule has 0 atom stereocenters. The number of carbonyl (C=O) groups is 1. The summed E-state index contributed by atoms with van der Waals surface area (Å²) >= 11 is 0. The number of carbonyl (C=O) groups excluding carboxylic acids is 1. The van der Waals surface area contributed by atoms with Crippen LogP contribution in [0.5, 0.6) is 0 Å². The molecule has 22 heavy (non-hydrogen) atoms. The maximum Gasteiger partial charge on any atom is 0.350 e. The fraction of sp³-hybridized carbons (Fsp3) is 0.111. The molecule has 0 bridgehead atoms. The molecule has 0 spiro atoms. The van der Waals surface area contributed by atoms with Gasteiger partial charge in [0.15, 0.2) is 5.57 Å². The van der Waals surface area contributed by atoms with Gasteiger partial charge < -0.3 is 10.1 Å². The maximum atomic E-state index is 11.6. The zero-order valence-corrected chi connectivity index (χ0v) is 12.2. The van der Waals surface area contributed by atoms with E-state index in [9.17, 15) is 4.79 Å². The number of para-hydroxylation sites is 1. The summed E-state index contributed by atoms with van der Waals surface area (Å²) in [7, 11) is 0. The Hall–Kier alpha value is -3.06. The van der Waals surface area contributed by atoms with Gasteiger partial charge in [-0.25, -0.2) is 4.79 Å². The highest BCUT2D eigenvalue weighted by molar-refractivity contribution is 5.93. The van der Waals surface area contributed by atoms with Gasteiger partial charge in [-0.15, -0.1) is 0 Å². The third kappa shape index (κ3) is 3.74. The Bertz CT molecular complexity index is 715. The lowest BCUT2D eigenvalue weighted by atomic mass is 10.0. The average Bonchev–Trinajstić information content (AvgIpc) is 2.57. The lowest BCUT2D eigenvalue weighted by Crippen LogP contribution is -2.08. The molecule has 2 aromatic carbocycles. The van der Waals surface area contributed by atoms with E-state index < -0.39 is 5.97 Å². The molecule has 2 aromatic rings. The molecule has 0 aliphatic rings. The van der Waals surface area contributed by atoms with Crippen LogP contribution in [0.1, 0.15) is 6.92 Å². The molecule has 0 aromatic heterocycles. The van der Waals surface area contributed by atoms with Crippen molar-refractivity contribution < 1.29 is 9.53 Å². The standard InChI is InChI=1S/C18H16N2O2/c1-2-22-18(21)15(12-19)13-20-17-11-7-6-10-16(17)14-8-4-3-5-9-14/h3-11,13,20H,2H2,1H3/b15-13+. The highest BCUT2D eigenvalue weighted by Crippen LogP contribution is 2.27. The van der Waals surface area contributed by atoms with Crippen molar-refractivity contribution >= 4 is 11.7 Å². The van der Waals surface area contributed by atoms with Crippen molar-refractivity contribution in [2.75, 3.05) is 11.9 Å². The second-order valence-electron chi connectivity index (χ2n) is 4.45. The molecule has 0 unspecified atom stereocenters. The number of nitrogens with zero attached hydrogens (tertiary/aromatic N) is 1. The van der Waals surface area contributed by atoms with Crippen molar-refractivity contribution in [3.8, 4) is 17.2 Å². The molecule has 2 rings (SSSR count). The van der Waals surface area contributed by atoms with Crippen LogP contribution in [0.25, 0.3) is 11.1 Å². The molecular weight excluding hydrogens is 276 g/mol. The van der Waals surface area contributed by atoms with Crippen LogP contribution in [-0.4, -0.2) is 12.6 Å². The average molecular weight is 292 g/mol. The van der Waals surface area contributed by atoms with Crippen LogP contribution in [0.15, 0.2) is 66.4 Å². The minimum atomic E-state index is -0.630. The Kier molecular flexibility index (Phi) is 5.33. The molecule has 0 saturated carbocycles. The molecule has 4 heteroatoms. The molecule has 0 radical (unpaired) electrons. The summed E-state index contributed by atoms with van der Waals surface area (Å²) in [6.07, 6.45) is 1.37. The van der Waals surface area contributed by atoms with E-state index in [-0.39, 0.29) is 12.2 Å². The van der Waals surface area contributed by atoms with Gasteiger partial charge in [0.25, 0.3) is 0 Å². The maximum absolute atomic E-state index is 11.6. The number of hydrogen-bond donors (Lipinski definition) is 1. The number of benzene rings is 2. The Balaban J connectivity index is 2.28. The van der Waals surface area contributed by atoms with Crippen molar-refractivity contribution in [2.45, 2.75) is 6.92 Å². The van der Waals surface area contributed by atoms with Gasteiger partial charge in [-0.1, -0.05) is 48.5 Å². The predicted molar refractivity (Wildman–Crippen MR) is 85.8 cm³/mol. The third-order valence-corrected chi connectivity index (χ3v) is 3.00. The highest BCUT2D eigenvalue weighted by Gasteiger charge is 2.10. The molecule has 0 amide bonds. The molecule has 110 valence electrons. The van der Waals surface area contributed by atoms with Crippen molar-refractivity contribution in [2.24, 2.45) is 0 Å². The Morgan fingerprint density at radius 2 is 1.86 bits per heavy atom. The summed E-state index contributed by atoms with van der Waals surface area (Å²) in [6.45, 7) is 1.93. The summed E-state index contributed by atoms with van der Waals surface area (Å²) < 4.78 is 4.83. The van der Waals surface area contributed by atoms with Gasteiger partial charge in [0.2, 0.25) is 0 Å². The summed E-state index contributed by atoms with van der Waals surface area (Å²) in [5.74, 6) is -0.630. The van der Waals surface area contributed by atoms with E-state index in [0.717, 1.165) is 16.8 Å². The van der Waals surface area contributed by atoms with E-state index in [1.165, 1.54) is 6.20 Å². The number of rotatable bonds is 5. The van der Waals surface area contributed by atoms with Crippen LogP contribution in [0.3, 0.4) is 0 Å². The van der Waals surface area contributed by atoms with E-state index in [1.54, 1.807) is 6.92 Å². The van der Waals surface area contributed by atoms with Gasteiger partial charge >= 0.3 is 5.97 Å². The Labute approximate surface area is 129 Å². The lowest BCUT2D eigenvalue weighted by molar-refractivity contribution is -0.138. The van der Waals surface area contributed by atoms with E-state index in [4.69, 9.17) is 10.00 Å². The summed E-state index contributed by atoms with van der Waals surface area (Å²) in [4.78, 5) is 11.6. The molecule has 0 heterocycles. The molecule has 4 nitrogen and oxygen atoms in total. The summed E-state index contributed by atoms with van der Waals surface area (Å²) in [5.41, 5.74) is 2.78. The van der Waals surface area contributed by atoms with Gasteiger partial charge in [-0.05, 0) is 18.6 Å². The molecule has 1 N–H and O–H groups in total. The van der Waals surface area contributed by atoms with E-state index in [2.05, 4.69) is 5.32 Å². The van der Waals surface area contributed by atoms with E-state index >= 15 is 0 Å². The van der Waals surface area contributed by atoms with E-state index in [0.29, 0.717) is 0 Å². The van der Waals surface area contributed by atoms with Crippen molar-refractivity contribution in [3.05, 3.63) is 66.4 Å². The summed E-state index contributed by atoms with van der Waals surface area (Å²) in [6, 6.07) is 19.4. The molecule has 0 aliphatic carbocycles. The number of hydrogen-bond acceptors (Lipinski definition) is 4. The lowest BCUT2D eigenvalue weighted by Gasteiger charge is -2.09. The molecule has 0 saturated heterocycles. The number of nitrogens with one attached hydrogen (secondary N) is 1. The first-order valence-corrected chi connectivity index (χ1v) is 6.94. The van der Waals surface area contributed by atoms with E-state index in [1.807, 2.05) is 60.7 Å². The number of esters is 1. The fourth-order valence-electron chi connectivity index (χ4n) is 1.97. The van der Waals surface area contributed by atoms with Gasteiger partial charge in [0.05, 0.1) is 6.61 Å².